The van der Waals surface area contributed by atoms with Gasteiger partial charge in [0.2, 0.25) is 0 Å². The number of rotatable bonds is 0. The summed E-state index contributed by atoms with van der Waals surface area (Å²) in [5, 5.41) is 15.8. The lowest BCUT2D eigenvalue weighted by molar-refractivity contribution is 0.844. The van der Waals surface area contributed by atoms with E-state index in [-0.39, 0.29) is 0 Å². The first-order chi connectivity index (χ1) is 5.40. The summed E-state index contributed by atoms with van der Waals surface area (Å²) in [5.41, 5.74) is 1.12. The molecule has 0 spiro atoms. The standard InChI is InChI=1S/C6H3N5/c7-1-5-2-8-6-3-9-10-11(6)4-5/h2-4H. The van der Waals surface area contributed by atoms with Gasteiger partial charge < -0.3 is 0 Å². The SMILES string of the molecule is N#Cc1cnc2cnnn2c1. The molecule has 2 rings (SSSR count). The van der Waals surface area contributed by atoms with Crippen molar-refractivity contribution in [3.05, 3.63) is 24.2 Å². The van der Waals surface area contributed by atoms with Crippen LogP contribution in [0.3, 0.4) is 0 Å². The molecule has 0 saturated heterocycles. The summed E-state index contributed by atoms with van der Waals surface area (Å²) >= 11 is 0. The molecule has 0 atom stereocenters. The first-order valence-electron chi connectivity index (χ1n) is 2.96. The van der Waals surface area contributed by atoms with Crippen molar-refractivity contribution in [1.29, 1.82) is 5.26 Å². The van der Waals surface area contributed by atoms with Gasteiger partial charge in [-0.25, -0.2) is 9.50 Å². The second-order valence-corrected chi connectivity index (χ2v) is 1.99. The fourth-order valence-corrected chi connectivity index (χ4v) is 0.781. The van der Waals surface area contributed by atoms with Crippen LogP contribution in [0.1, 0.15) is 5.56 Å². The van der Waals surface area contributed by atoms with Crippen molar-refractivity contribution in [2.24, 2.45) is 0 Å². The Morgan fingerprint density at radius 1 is 1.45 bits per heavy atom. The molecular weight excluding hydrogens is 142 g/mol. The maximum atomic E-state index is 8.48. The zero-order valence-corrected chi connectivity index (χ0v) is 5.47. The van der Waals surface area contributed by atoms with Crippen molar-refractivity contribution < 1.29 is 0 Å². The minimum atomic E-state index is 0.475. The normalized spacial score (nSPS) is 9.73. The largest absolute Gasteiger partial charge is 0.234 e. The van der Waals surface area contributed by atoms with E-state index >= 15 is 0 Å². The van der Waals surface area contributed by atoms with Crippen LogP contribution in [-0.4, -0.2) is 19.8 Å². The summed E-state index contributed by atoms with van der Waals surface area (Å²) < 4.78 is 1.46. The maximum absolute atomic E-state index is 8.48. The summed E-state index contributed by atoms with van der Waals surface area (Å²) in [4.78, 5) is 3.93. The van der Waals surface area contributed by atoms with Crippen LogP contribution in [0.2, 0.25) is 0 Å². The highest BCUT2D eigenvalue weighted by Crippen LogP contribution is 1.97. The Bertz CT molecular complexity index is 424. The quantitative estimate of drug-likeness (QED) is 0.523. The molecule has 0 saturated carbocycles. The van der Waals surface area contributed by atoms with Crippen LogP contribution in [0.4, 0.5) is 0 Å². The van der Waals surface area contributed by atoms with Crippen molar-refractivity contribution in [1.82, 2.24) is 19.8 Å². The Kier molecular flexibility index (Phi) is 1.07. The van der Waals surface area contributed by atoms with Crippen LogP contribution >= 0.6 is 0 Å². The minimum absolute atomic E-state index is 0.475. The zero-order chi connectivity index (χ0) is 7.68. The Labute approximate surface area is 61.9 Å². The van der Waals surface area contributed by atoms with Crippen LogP contribution in [-0.2, 0) is 0 Å². The Balaban J connectivity index is 2.79. The third-order valence-electron chi connectivity index (χ3n) is 1.28. The molecule has 2 heterocycles. The first kappa shape index (κ1) is 5.80. The second-order valence-electron chi connectivity index (χ2n) is 1.99. The van der Waals surface area contributed by atoms with E-state index in [2.05, 4.69) is 15.3 Å². The van der Waals surface area contributed by atoms with Gasteiger partial charge >= 0.3 is 0 Å². The molecule has 52 valence electrons. The molecule has 0 aliphatic heterocycles. The third-order valence-corrected chi connectivity index (χ3v) is 1.28. The molecule has 0 amide bonds. The van der Waals surface area contributed by atoms with Crippen molar-refractivity contribution in [2.75, 3.05) is 0 Å². The van der Waals surface area contributed by atoms with Crippen molar-refractivity contribution in [3.8, 4) is 6.07 Å². The molecule has 0 N–H and O–H groups in total. The summed E-state index contributed by atoms with van der Waals surface area (Å²) in [6.07, 6.45) is 4.59. The summed E-state index contributed by atoms with van der Waals surface area (Å²) in [7, 11) is 0. The van der Waals surface area contributed by atoms with E-state index < -0.39 is 0 Å². The van der Waals surface area contributed by atoms with Gasteiger partial charge in [0, 0.05) is 6.20 Å². The van der Waals surface area contributed by atoms with Crippen LogP contribution in [0, 0.1) is 11.3 Å². The molecule has 0 fully saturated rings. The molecule has 0 aliphatic carbocycles. The molecule has 0 unspecified atom stereocenters. The Morgan fingerprint density at radius 3 is 3.18 bits per heavy atom. The predicted molar refractivity (Wildman–Crippen MR) is 35.5 cm³/mol. The highest BCUT2D eigenvalue weighted by Gasteiger charge is 1.95. The average Bonchev–Trinajstić information content (AvgIpc) is 2.50. The monoisotopic (exact) mass is 145 g/mol. The van der Waals surface area contributed by atoms with Gasteiger partial charge in [-0.05, 0) is 0 Å². The van der Waals surface area contributed by atoms with Gasteiger partial charge in [-0.3, -0.25) is 0 Å². The first-order valence-corrected chi connectivity index (χ1v) is 2.96. The molecule has 2 aromatic heterocycles. The minimum Gasteiger partial charge on any atom is -0.234 e. The summed E-state index contributed by atoms with van der Waals surface area (Å²) in [5.74, 6) is 0. The van der Waals surface area contributed by atoms with E-state index in [4.69, 9.17) is 5.26 Å². The van der Waals surface area contributed by atoms with E-state index in [1.54, 1.807) is 6.20 Å². The lowest BCUT2D eigenvalue weighted by Gasteiger charge is -1.88. The van der Waals surface area contributed by atoms with Crippen LogP contribution in [0.15, 0.2) is 18.6 Å². The number of fused-ring (bicyclic) bond motifs is 1. The van der Waals surface area contributed by atoms with Gasteiger partial charge in [0.25, 0.3) is 0 Å². The number of nitriles is 1. The van der Waals surface area contributed by atoms with Crippen LogP contribution in [0.25, 0.3) is 5.65 Å². The van der Waals surface area contributed by atoms with Crippen LogP contribution in [0.5, 0.6) is 0 Å². The van der Waals surface area contributed by atoms with Crippen molar-refractivity contribution in [3.63, 3.8) is 0 Å². The Morgan fingerprint density at radius 2 is 2.36 bits per heavy atom. The summed E-state index contributed by atoms with van der Waals surface area (Å²) in [6.45, 7) is 0. The van der Waals surface area contributed by atoms with Gasteiger partial charge in [-0.15, -0.1) is 5.10 Å². The van der Waals surface area contributed by atoms with E-state index in [0.717, 1.165) is 0 Å². The lowest BCUT2D eigenvalue weighted by Crippen LogP contribution is -1.90. The van der Waals surface area contributed by atoms with Crippen molar-refractivity contribution >= 4 is 5.65 Å². The van der Waals surface area contributed by atoms with E-state index in [1.165, 1.54) is 16.9 Å². The molecule has 5 nitrogen and oxygen atoms in total. The fourth-order valence-electron chi connectivity index (χ4n) is 0.781. The molecule has 5 heteroatoms. The molecular formula is C6H3N5. The van der Waals surface area contributed by atoms with Gasteiger partial charge in [0.15, 0.2) is 5.65 Å². The average molecular weight is 145 g/mol. The van der Waals surface area contributed by atoms with Gasteiger partial charge in [-0.1, -0.05) is 5.21 Å². The van der Waals surface area contributed by atoms with E-state index in [1.807, 2.05) is 6.07 Å². The van der Waals surface area contributed by atoms with Gasteiger partial charge in [0.1, 0.15) is 6.07 Å². The van der Waals surface area contributed by atoms with Crippen LogP contribution < -0.4 is 0 Å². The topological polar surface area (TPSA) is 66.9 Å². The molecule has 2 aromatic rings. The molecule has 0 aromatic carbocycles. The maximum Gasteiger partial charge on any atom is 0.175 e. The van der Waals surface area contributed by atoms with Crippen molar-refractivity contribution in [2.45, 2.75) is 0 Å². The second kappa shape index (κ2) is 2.02. The molecule has 0 radical (unpaired) electrons. The summed E-state index contributed by atoms with van der Waals surface area (Å²) in [6, 6.07) is 1.96. The predicted octanol–water partition coefficient (Wildman–Crippen LogP) is -0.00402. The number of hydrogen-bond donors (Lipinski definition) is 0. The smallest absolute Gasteiger partial charge is 0.175 e. The molecule has 0 aliphatic rings. The third kappa shape index (κ3) is 0.809. The highest BCUT2D eigenvalue weighted by atomic mass is 15.4. The van der Waals surface area contributed by atoms with E-state index in [0.29, 0.717) is 11.2 Å². The van der Waals surface area contributed by atoms with E-state index in [9.17, 15) is 0 Å². The molecule has 0 bridgehead atoms. The molecule has 11 heavy (non-hydrogen) atoms. The lowest BCUT2D eigenvalue weighted by atomic mass is 10.4. The Hall–Kier alpha value is -1.96. The van der Waals surface area contributed by atoms with Gasteiger partial charge in [-0.2, -0.15) is 5.26 Å². The number of aromatic nitrogens is 4. The number of hydrogen-bond acceptors (Lipinski definition) is 4. The highest BCUT2D eigenvalue weighted by molar-refractivity contribution is 5.36. The number of nitrogens with zero attached hydrogens (tertiary/aromatic N) is 5. The van der Waals surface area contributed by atoms with Gasteiger partial charge in [0.05, 0.1) is 18.0 Å². The zero-order valence-electron chi connectivity index (χ0n) is 5.47. The fraction of sp³-hybridized carbons (Fsp3) is 0.